The highest BCUT2D eigenvalue weighted by molar-refractivity contribution is 6.30. The number of rotatable bonds is 4. The maximum atomic E-state index is 5.92. The fraction of sp³-hybridized carbons (Fsp3) is 0.467. The minimum Gasteiger partial charge on any atom is -0.478 e. The molecule has 0 bridgehead atoms. The lowest BCUT2D eigenvalue weighted by Gasteiger charge is -2.22. The molecule has 2 aromatic rings. The smallest absolute Gasteiger partial charge is 0.270 e. The fourth-order valence-corrected chi connectivity index (χ4v) is 2.36. The molecule has 3 rings (SSSR count). The number of aromatic nitrogens is 2. The predicted octanol–water partition coefficient (Wildman–Crippen LogP) is 3.89. The second-order valence-electron chi connectivity index (χ2n) is 5.53. The third-order valence-corrected chi connectivity index (χ3v) is 3.61. The van der Waals surface area contributed by atoms with Crippen LogP contribution in [0.5, 0.6) is 5.75 Å². The van der Waals surface area contributed by atoms with Gasteiger partial charge in [-0.15, -0.1) is 0 Å². The standard InChI is InChI=1S/C15H17ClN2O3/c1-15(2,20-11-7-5-10(16)6-8-11)14-17-13(18-21-14)12-4-3-9-19-12/h5-8,12H,3-4,9H2,1-2H3/t12-/m0/s1. The van der Waals surface area contributed by atoms with E-state index in [4.69, 9.17) is 25.6 Å². The Labute approximate surface area is 128 Å². The maximum Gasteiger partial charge on any atom is 0.270 e. The van der Waals surface area contributed by atoms with Crippen molar-refractivity contribution in [2.24, 2.45) is 0 Å². The molecule has 0 amide bonds. The van der Waals surface area contributed by atoms with Crippen molar-refractivity contribution in [3.63, 3.8) is 0 Å². The monoisotopic (exact) mass is 308 g/mol. The lowest BCUT2D eigenvalue weighted by atomic mass is 10.1. The van der Waals surface area contributed by atoms with Gasteiger partial charge in [0.05, 0.1) is 0 Å². The Hall–Kier alpha value is -1.59. The summed E-state index contributed by atoms with van der Waals surface area (Å²) in [5, 5.41) is 4.67. The normalized spacial score (nSPS) is 18.9. The molecule has 0 saturated carbocycles. The molecule has 0 spiro atoms. The van der Waals surface area contributed by atoms with Gasteiger partial charge in [0, 0.05) is 11.6 Å². The Kier molecular flexibility index (Phi) is 3.87. The molecule has 1 aliphatic rings. The molecule has 1 atom stereocenters. The summed E-state index contributed by atoms with van der Waals surface area (Å²) in [6.45, 7) is 4.52. The quantitative estimate of drug-likeness (QED) is 0.857. The number of benzene rings is 1. The Morgan fingerprint density at radius 2 is 2.05 bits per heavy atom. The first kappa shape index (κ1) is 14.4. The van der Waals surface area contributed by atoms with Gasteiger partial charge in [-0.05, 0) is 51.0 Å². The molecule has 6 heteroatoms. The number of hydrogen-bond acceptors (Lipinski definition) is 5. The van der Waals surface area contributed by atoms with E-state index in [0.29, 0.717) is 22.5 Å². The molecule has 5 nitrogen and oxygen atoms in total. The van der Waals surface area contributed by atoms with Crippen molar-refractivity contribution >= 4 is 11.6 Å². The van der Waals surface area contributed by atoms with E-state index in [2.05, 4.69) is 10.1 Å². The van der Waals surface area contributed by atoms with Crippen LogP contribution in [0.4, 0.5) is 0 Å². The van der Waals surface area contributed by atoms with Crippen LogP contribution in [0.25, 0.3) is 0 Å². The summed E-state index contributed by atoms with van der Waals surface area (Å²) < 4.78 is 16.8. The summed E-state index contributed by atoms with van der Waals surface area (Å²) in [6, 6.07) is 7.17. The Morgan fingerprint density at radius 3 is 2.71 bits per heavy atom. The van der Waals surface area contributed by atoms with Gasteiger partial charge in [0.1, 0.15) is 11.9 Å². The molecule has 1 aliphatic heterocycles. The number of hydrogen-bond donors (Lipinski definition) is 0. The van der Waals surface area contributed by atoms with Crippen molar-refractivity contribution < 1.29 is 14.0 Å². The van der Waals surface area contributed by atoms with Gasteiger partial charge in [-0.2, -0.15) is 4.98 Å². The summed E-state index contributed by atoms with van der Waals surface area (Å²) in [7, 11) is 0. The van der Waals surface area contributed by atoms with Gasteiger partial charge in [-0.1, -0.05) is 16.8 Å². The number of ether oxygens (including phenoxy) is 2. The van der Waals surface area contributed by atoms with Crippen LogP contribution >= 0.6 is 11.6 Å². The van der Waals surface area contributed by atoms with E-state index >= 15 is 0 Å². The highest BCUT2D eigenvalue weighted by Crippen LogP contribution is 2.31. The lowest BCUT2D eigenvalue weighted by molar-refractivity contribution is 0.0690. The van der Waals surface area contributed by atoms with Crippen molar-refractivity contribution in [2.45, 2.75) is 38.4 Å². The van der Waals surface area contributed by atoms with Crippen LogP contribution in [-0.4, -0.2) is 16.7 Å². The third-order valence-electron chi connectivity index (χ3n) is 3.36. The minimum absolute atomic E-state index is 0.0613. The molecule has 0 N–H and O–H groups in total. The van der Waals surface area contributed by atoms with E-state index in [1.807, 2.05) is 13.8 Å². The van der Waals surface area contributed by atoms with E-state index in [0.717, 1.165) is 19.4 Å². The van der Waals surface area contributed by atoms with Crippen molar-refractivity contribution in [3.05, 3.63) is 41.0 Å². The SMILES string of the molecule is CC(C)(Oc1ccc(Cl)cc1)c1nc([C@@H]2CCCO2)no1. The third kappa shape index (κ3) is 3.19. The van der Waals surface area contributed by atoms with Gasteiger partial charge in [0.15, 0.2) is 5.60 Å². The Bertz CT molecular complexity index is 604. The molecule has 1 fully saturated rings. The van der Waals surface area contributed by atoms with Crippen LogP contribution in [-0.2, 0) is 10.3 Å². The molecule has 1 aromatic carbocycles. The van der Waals surface area contributed by atoms with Crippen molar-refractivity contribution in [1.29, 1.82) is 0 Å². The molecule has 1 saturated heterocycles. The van der Waals surface area contributed by atoms with Gasteiger partial charge in [-0.25, -0.2) is 0 Å². The minimum atomic E-state index is -0.725. The van der Waals surface area contributed by atoms with Crippen LogP contribution in [0.3, 0.4) is 0 Å². The summed E-state index contributed by atoms with van der Waals surface area (Å²) in [4.78, 5) is 4.42. The van der Waals surface area contributed by atoms with Crippen LogP contribution < -0.4 is 4.74 Å². The first-order chi connectivity index (χ1) is 10.0. The van der Waals surface area contributed by atoms with Crippen LogP contribution in [0.1, 0.15) is 44.5 Å². The largest absolute Gasteiger partial charge is 0.478 e. The van der Waals surface area contributed by atoms with E-state index in [1.165, 1.54) is 0 Å². The first-order valence-corrected chi connectivity index (χ1v) is 7.33. The molecule has 112 valence electrons. The maximum absolute atomic E-state index is 5.92. The molecular formula is C15H17ClN2O3. The first-order valence-electron chi connectivity index (χ1n) is 6.95. The fourth-order valence-electron chi connectivity index (χ4n) is 2.23. The van der Waals surface area contributed by atoms with Crippen molar-refractivity contribution in [1.82, 2.24) is 10.1 Å². The number of halogens is 1. The van der Waals surface area contributed by atoms with Crippen molar-refractivity contribution in [2.75, 3.05) is 6.61 Å². The molecule has 0 aliphatic carbocycles. The average Bonchev–Trinajstić information content (AvgIpc) is 3.11. The molecule has 2 heterocycles. The predicted molar refractivity (Wildman–Crippen MR) is 77.3 cm³/mol. The van der Waals surface area contributed by atoms with Gasteiger partial charge < -0.3 is 14.0 Å². The van der Waals surface area contributed by atoms with E-state index in [-0.39, 0.29) is 6.10 Å². The highest BCUT2D eigenvalue weighted by atomic mass is 35.5. The zero-order valence-corrected chi connectivity index (χ0v) is 12.8. The molecule has 0 unspecified atom stereocenters. The van der Waals surface area contributed by atoms with Gasteiger partial charge in [0.25, 0.3) is 5.89 Å². The summed E-state index contributed by atoms with van der Waals surface area (Å²) in [5.74, 6) is 1.72. The zero-order valence-electron chi connectivity index (χ0n) is 12.0. The average molecular weight is 309 g/mol. The molecule has 21 heavy (non-hydrogen) atoms. The van der Waals surface area contributed by atoms with E-state index < -0.39 is 5.60 Å². The lowest BCUT2D eigenvalue weighted by Crippen LogP contribution is -2.25. The Morgan fingerprint density at radius 1 is 1.29 bits per heavy atom. The van der Waals surface area contributed by atoms with Gasteiger partial charge in [0.2, 0.25) is 5.82 Å². The van der Waals surface area contributed by atoms with Crippen LogP contribution in [0.15, 0.2) is 28.8 Å². The summed E-state index contributed by atoms with van der Waals surface area (Å²) >= 11 is 5.87. The zero-order chi connectivity index (χ0) is 14.9. The summed E-state index contributed by atoms with van der Waals surface area (Å²) in [5.41, 5.74) is -0.725. The molecular weight excluding hydrogens is 292 g/mol. The van der Waals surface area contributed by atoms with E-state index in [9.17, 15) is 0 Å². The molecule has 1 aromatic heterocycles. The number of nitrogens with zero attached hydrogens (tertiary/aromatic N) is 2. The second kappa shape index (κ2) is 5.66. The second-order valence-corrected chi connectivity index (χ2v) is 5.96. The van der Waals surface area contributed by atoms with Crippen LogP contribution in [0.2, 0.25) is 5.02 Å². The van der Waals surface area contributed by atoms with Gasteiger partial charge in [-0.3, -0.25) is 0 Å². The highest BCUT2D eigenvalue weighted by Gasteiger charge is 2.32. The van der Waals surface area contributed by atoms with Crippen molar-refractivity contribution in [3.8, 4) is 5.75 Å². The Balaban J connectivity index is 1.76. The van der Waals surface area contributed by atoms with E-state index in [1.54, 1.807) is 24.3 Å². The van der Waals surface area contributed by atoms with Crippen LogP contribution in [0, 0.1) is 0 Å². The topological polar surface area (TPSA) is 57.4 Å². The molecule has 0 radical (unpaired) electrons. The van der Waals surface area contributed by atoms with Gasteiger partial charge >= 0.3 is 0 Å². The summed E-state index contributed by atoms with van der Waals surface area (Å²) in [6.07, 6.45) is 1.89.